The zero-order chi connectivity index (χ0) is 23.1. The third-order valence-corrected chi connectivity index (χ3v) is 5.56. The lowest BCUT2D eigenvalue weighted by Gasteiger charge is -2.21. The molecule has 2 atom stereocenters. The molecule has 3 rings (SSSR count). The number of ether oxygens (including phenoxy) is 1. The number of fused-ring (bicyclic) bond motifs is 3. The highest BCUT2D eigenvalue weighted by molar-refractivity contribution is 5.89. The first-order valence-electron chi connectivity index (χ1n) is 10.7. The predicted octanol–water partition coefficient (Wildman–Crippen LogP) is 2.65. The van der Waals surface area contributed by atoms with Crippen molar-refractivity contribution in [1.29, 1.82) is 0 Å². The summed E-state index contributed by atoms with van der Waals surface area (Å²) in [6.45, 7) is 1.58. The van der Waals surface area contributed by atoms with Crippen molar-refractivity contribution in [3.05, 3.63) is 59.7 Å². The number of alkyl carbamates (subject to hydrolysis) is 1. The molecule has 4 N–H and O–H groups in total. The molecule has 8 nitrogen and oxygen atoms in total. The molecule has 0 spiro atoms. The molecular weight excluding hydrogens is 412 g/mol. The van der Waals surface area contributed by atoms with Crippen molar-refractivity contribution >= 4 is 18.0 Å². The summed E-state index contributed by atoms with van der Waals surface area (Å²) < 4.78 is 5.48. The summed E-state index contributed by atoms with van der Waals surface area (Å²) in [4.78, 5) is 36.2. The second-order valence-electron chi connectivity index (χ2n) is 7.72. The molecule has 32 heavy (non-hydrogen) atoms. The Hall–Kier alpha value is -3.39. The lowest BCUT2D eigenvalue weighted by molar-refractivity contribution is -0.142. The zero-order valence-electron chi connectivity index (χ0n) is 17.9. The Kier molecular flexibility index (Phi) is 7.83. The molecule has 0 saturated carbocycles. The molecule has 2 aromatic rings. The van der Waals surface area contributed by atoms with E-state index in [-0.39, 0.29) is 25.6 Å². The number of aliphatic carboxylic acids is 1. The average Bonchev–Trinajstić information content (AvgIpc) is 3.10. The number of carboxylic acid groups (broad SMARTS) is 1. The molecule has 0 fully saturated rings. The van der Waals surface area contributed by atoms with E-state index in [0.29, 0.717) is 12.8 Å². The Bertz CT molecular complexity index is 931. The normalized spacial score (nSPS) is 14.1. The van der Waals surface area contributed by atoms with E-state index in [4.69, 9.17) is 9.84 Å². The van der Waals surface area contributed by atoms with Crippen LogP contribution in [0.5, 0.6) is 0 Å². The molecule has 0 radical (unpaired) electrons. The maximum absolute atomic E-state index is 12.5. The first-order chi connectivity index (χ1) is 15.5. The summed E-state index contributed by atoms with van der Waals surface area (Å²) in [5.74, 6) is -1.97. The van der Waals surface area contributed by atoms with Gasteiger partial charge in [0.2, 0.25) is 5.91 Å². The van der Waals surface area contributed by atoms with Crippen LogP contribution in [0.3, 0.4) is 0 Å². The topological polar surface area (TPSA) is 125 Å². The molecule has 8 heteroatoms. The minimum Gasteiger partial charge on any atom is -0.480 e. The van der Waals surface area contributed by atoms with E-state index in [2.05, 4.69) is 10.6 Å². The summed E-state index contributed by atoms with van der Waals surface area (Å²) in [6, 6.07) is 13.8. The van der Waals surface area contributed by atoms with Crippen molar-refractivity contribution in [2.45, 2.75) is 44.2 Å². The van der Waals surface area contributed by atoms with Crippen LogP contribution in [-0.4, -0.2) is 53.5 Å². The molecule has 0 saturated heterocycles. The van der Waals surface area contributed by atoms with E-state index in [1.165, 1.54) is 0 Å². The van der Waals surface area contributed by atoms with E-state index >= 15 is 0 Å². The SMILES string of the molecule is CCCC(NC(=O)OCC1c2ccccc2-c2ccccc21)C(=O)NC(CCO)C(=O)O. The van der Waals surface area contributed by atoms with Gasteiger partial charge in [-0.1, -0.05) is 61.9 Å². The van der Waals surface area contributed by atoms with Crippen LogP contribution in [0.1, 0.15) is 43.2 Å². The number of carboxylic acids is 1. The van der Waals surface area contributed by atoms with Crippen molar-refractivity contribution in [3.63, 3.8) is 0 Å². The van der Waals surface area contributed by atoms with Gasteiger partial charge in [0.25, 0.3) is 0 Å². The number of hydrogen-bond acceptors (Lipinski definition) is 5. The summed E-state index contributed by atoms with van der Waals surface area (Å²) >= 11 is 0. The fraction of sp³-hybridized carbons (Fsp3) is 0.375. The second kappa shape index (κ2) is 10.8. The van der Waals surface area contributed by atoms with Gasteiger partial charge in [0.05, 0.1) is 0 Å². The van der Waals surface area contributed by atoms with E-state index in [1.54, 1.807) is 0 Å². The van der Waals surface area contributed by atoms with Crippen LogP contribution in [0.2, 0.25) is 0 Å². The first-order valence-corrected chi connectivity index (χ1v) is 10.7. The van der Waals surface area contributed by atoms with Gasteiger partial charge in [-0.3, -0.25) is 4.79 Å². The number of nitrogens with one attached hydrogen (secondary N) is 2. The van der Waals surface area contributed by atoms with E-state index in [0.717, 1.165) is 22.3 Å². The van der Waals surface area contributed by atoms with Crippen molar-refractivity contribution < 1.29 is 29.3 Å². The molecule has 1 aliphatic carbocycles. The maximum atomic E-state index is 12.5. The largest absolute Gasteiger partial charge is 0.480 e. The second-order valence-corrected chi connectivity index (χ2v) is 7.72. The van der Waals surface area contributed by atoms with Crippen LogP contribution >= 0.6 is 0 Å². The third kappa shape index (κ3) is 5.26. The number of carbonyl (C=O) groups is 3. The lowest BCUT2D eigenvalue weighted by atomic mass is 9.98. The number of aliphatic hydroxyl groups is 1. The molecule has 0 heterocycles. The Morgan fingerprint density at radius 1 is 0.938 bits per heavy atom. The summed E-state index contributed by atoms with van der Waals surface area (Å²) in [5, 5.41) is 23.1. The molecule has 0 aliphatic heterocycles. The monoisotopic (exact) mass is 440 g/mol. The highest BCUT2D eigenvalue weighted by Crippen LogP contribution is 2.44. The number of hydrogen-bond donors (Lipinski definition) is 4. The van der Waals surface area contributed by atoms with Crippen LogP contribution in [0.15, 0.2) is 48.5 Å². The number of carbonyl (C=O) groups excluding carboxylic acids is 2. The van der Waals surface area contributed by atoms with Gasteiger partial charge >= 0.3 is 12.1 Å². The lowest BCUT2D eigenvalue weighted by Crippen LogP contribution is -2.52. The molecule has 0 aromatic heterocycles. The van der Waals surface area contributed by atoms with Crippen LogP contribution in [-0.2, 0) is 14.3 Å². The molecule has 2 amide bonds. The minimum atomic E-state index is -1.25. The highest BCUT2D eigenvalue weighted by Gasteiger charge is 2.30. The van der Waals surface area contributed by atoms with Crippen LogP contribution in [0.25, 0.3) is 11.1 Å². The summed E-state index contributed by atoms with van der Waals surface area (Å²) in [7, 11) is 0. The number of amides is 2. The predicted molar refractivity (Wildman–Crippen MR) is 118 cm³/mol. The van der Waals surface area contributed by atoms with Crippen molar-refractivity contribution in [2.24, 2.45) is 0 Å². The van der Waals surface area contributed by atoms with Gasteiger partial charge in [-0.25, -0.2) is 9.59 Å². The Labute approximate surface area is 186 Å². The number of benzene rings is 2. The van der Waals surface area contributed by atoms with Gasteiger partial charge in [0, 0.05) is 18.9 Å². The van der Waals surface area contributed by atoms with Crippen molar-refractivity contribution in [3.8, 4) is 11.1 Å². The van der Waals surface area contributed by atoms with Gasteiger partial charge in [-0.05, 0) is 28.7 Å². The molecule has 170 valence electrons. The van der Waals surface area contributed by atoms with Crippen LogP contribution < -0.4 is 10.6 Å². The van der Waals surface area contributed by atoms with Crippen LogP contribution in [0, 0.1) is 0 Å². The molecule has 2 aromatic carbocycles. The average molecular weight is 440 g/mol. The Balaban J connectivity index is 1.64. The highest BCUT2D eigenvalue weighted by atomic mass is 16.5. The fourth-order valence-corrected chi connectivity index (χ4v) is 4.00. The standard InChI is InChI=1S/C24H28N2O6/c1-2-7-20(22(28)25-21(12-13-27)23(29)30)26-24(31)32-14-19-17-10-5-3-8-15(17)16-9-4-6-11-18(16)19/h3-6,8-11,19-21,27H,2,7,12-14H2,1H3,(H,25,28)(H,26,31)(H,29,30). The Morgan fingerprint density at radius 3 is 2.06 bits per heavy atom. The van der Waals surface area contributed by atoms with E-state index in [1.807, 2.05) is 55.5 Å². The molecule has 1 aliphatic rings. The number of aliphatic hydroxyl groups excluding tert-OH is 1. The zero-order valence-corrected chi connectivity index (χ0v) is 17.9. The van der Waals surface area contributed by atoms with E-state index in [9.17, 15) is 19.5 Å². The molecule has 0 bridgehead atoms. The molecular formula is C24H28N2O6. The fourth-order valence-electron chi connectivity index (χ4n) is 4.00. The van der Waals surface area contributed by atoms with Crippen molar-refractivity contribution in [2.75, 3.05) is 13.2 Å². The first kappa shape index (κ1) is 23.3. The maximum Gasteiger partial charge on any atom is 0.407 e. The van der Waals surface area contributed by atoms with E-state index < -0.39 is 30.1 Å². The van der Waals surface area contributed by atoms with Gasteiger partial charge in [0.1, 0.15) is 18.7 Å². The smallest absolute Gasteiger partial charge is 0.407 e. The number of rotatable bonds is 10. The Morgan fingerprint density at radius 2 is 1.53 bits per heavy atom. The summed E-state index contributed by atoms with van der Waals surface area (Å²) in [6.07, 6.45) is 0.0562. The quantitative estimate of drug-likeness (QED) is 0.450. The third-order valence-electron chi connectivity index (χ3n) is 5.56. The van der Waals surface area contributed by atoms with Gasteiger partial charge < -0.3 is 25.6 Å². The van der Waals surface area contributed by atoms with Gasteiger partial charge in [0.15, 0.2) is 0 Å². The molecule has 2 unspecified atom stereocenters. The van der Waals surface area contributed by atoms with Gasteiger partial charge in [-0.2, -0.15) is 0 Å². The minimum absolute atomic E-state index is 0.104. The summed E-state index contributed by atoms with van der Waals surface area (Å²) in [5.41, 5.74) is 4.39. The van der Waals surface area contributed by atoms with Crippen LogP contribution in [0.4, 0.5) is 4.79 Å². The van der Waals surface area contributed by atoms with Crippen molar-refractivity contribution in [1.82, 2.24) is 10.6 Å². The van der Waals surface area contributed by atoms with Gasteiger partial charge in [-0.15, -0.1) is 0 Å².